The molecule has 2 rings (SSSR count). The zero-order chi connectivity index (χ0) is 13.0. The summed E-state index contributed by atoms with van der Waals surface area (Å²) in [6, 6.07) is 11.7. The van der Waals surface area contributed by atoms with Crippen molar-refractivity contribution in [2.75, 3.05) is 17.7 Å². The van der Waals surface area contributed by atoms with Crippen LogP contribution < -0.4 is 15.8 Å². The fourth-order valence-corrected chi connectivity index (χ4v) is 1.62. The Hall–Kier alpha value is -2.23. The number of aromatic nitrogens is 1. The van der Waals surface area contributed by atoms with E-state index in [-0.39, 0.29) is 0 Å². The summed E-state index contributed by atoms with van der Waals surface area (Å²) in [7, 11) is 0. The van der Waals surface area contributed by atoms with E-state index in [1.54, 1.807) is 6.07 Å². The lowest BCUT2D eigenvalue weighted by Crippen LogP contribution is -2.02. The number of nitrogen functional groups attached to an aromatic ring is 1. The van der Waals surface area contributed by atoms with E-state index in [4.69, 9.17) is 10.5 Å². The molecule has 2 aromatic rings. The first-order valence-electron chi connectivity index (χ1n) is 5.92. The Morgan fingerprint density at radius 1 is 1.22 bits per heavy atom. The minimum atomic E-state index is 0.469. The summed E-state index contributed by atoms with van der Waals surface area (Å²) in [5.74, 6) is 1.19. The summed E-state index contributed by atoms with van der Waals surface area (Å²) in [5.41, 5.74) is 8.52. The number of hydrogen-bond acceptors (Lipinski definition) is 4. The van der Waals surface area contributed by atoms with Gasteiger partial charge in [0.15, 0.2) is 0 Å². The van der Waals surface area contributed by atoms with Gasteiger partial charge in [0.25, 0.3) is 0 Å². The minimum Gasteiger partial charge on any atom is -0.476 e. The lowest BCUT2D eigenvalue weighted by molar-refractivity contribution is 0.329. The molecule has 1 aromatic carbocycles. The summed E-state index contributed by atoms with van der Waals surface area (Å²) < 4.78 is 5.37. The molecule has 0 atom stereocenters. The second kappa shape index (κ2) is 5.40. The molecular weight excluding hydrogens is 226 g/mol. The normalized spacial score (nSPS) is 10.1. The summed E-state index contributed by atoms with van der Waals surface area (Å²) in [6.45, 7) is 4.50. The van der Waals surface area contributed by atoms with Gasteiger partial charge in [-0.15, -0.1) is 0 Å². The van der Waals surface area contributed by atoms with Gasteiger partial charge in [-0.1, -0.05) is 18.2 Å². The van der Waals surface area contributed by atoms with E-state index in [1.807, 2.05) is 44.2 Å². The number of rotatable bonds is 4. The quantitative estimate of drug-likeness (QED) is 0.866. The van der Waals surface area contributed by atoms with Gasteiger partial charge in [0.2, 0.25) is 5.88 Å². The lowest BCUT2D eigenvalue weighted by atomic mass is 10.2. The van der Waals surface area contributed by atoms with E-state index in [0.29, 0.717) is 18.2 Å². The monoisotopic (exact) mass is 243 g/mol. The van der Waals surface area contributed by atoms with E-state index in [2.05, 4.69) is 10.3 Å². The van der Waals surface area contributed by atoms with Crippen LogP contribution in [0.25, 0.3) is 0 Å². The summed E-state index contributed by atoms with van der Waals surface area (Å²) in [5, 5.41) is 3.25. The molecule has 0 aliphatic heterocycles. The SMILES string of the molecule is CCOc1nc(Nc2ccccc2C)ccc1N. The second-order valence-electron chi connectivity index (χ2n) is 3.96. The van der Waals surface area contributed by atoms with Crippen LogP contribution in [0.2, 0.25) is 0 Å². The van der Waals surface area contributed by atoms with Crippen LogP contribution in [-0.2, 0) is 0 Å². The van der Waals surface area contributed by atoms with Crippen LogP contribution in [0.3, 0.4) is 0 Å². The van der Waals surface area contributed by atoms with E-state index in [1.165, 1.54) is 0 Å². The largest absolute Gasteiger partial charge is 0.476 e. The second-order valence-corrected chi connectivity index (χ2v) is 3.96. The van der Waals surface area contributed by atoms with Crippen LogP contribution in [0.5, 0.6) is 5.88 Å². The molecule has 0 bridgehead atoms. The molecule has 3 N–H and O–H groups in total. The van der Waals surface area contributed by atoms with Crippen molar-refractivity contribution in [1.82, 2.24) is 4.98 Å². The average molecular weight is 243 g/mol. The molecule has 0 radical (unpaired) electrons. The van der Waals surface area contributed by atoms with Crippen molar-refractivity contribution in [1.29, 1.82) is 0 Å². The van der Waals surface area contributed by atoms with Crippen LogP contribution in [0, 0.1) is 6.92 Å². The first-order chi connectivity index (χ1) is 8.70. The predicted octanol–water partition coefficient (Wildman–Crippen LogP) is 3.11. The Balaban J connectivity index is 2.24. The highest BCUT2D eigenvalue weighted by molar-refractivity contribution is 5.63. The Bertz CT molecular complexity index is 540. The fourth-order valence-electron chi connectivity index (χ4n) is 1.62. The zero-order valence-corrected chi connectivity index (χ0v) is 10.6. The maximum atomic E-state index is 5.78. The Morgan fingerprint density at radius 3 is 2.72 bits per heavy atom. The number of nitrogens with zero attached hydrogens (tertiary/aromatic N) is 1. The third-order valence-corrected chi connectivity index (χ3v) is 2.58. The highest BCUT2D eigenvalue weighted by atomic mass is 16.5. The van der Waals surface area contributed by atoms with Crippen LogP contribution >= 0.6 is 0 Å². The number of pyridine rings is 1. The third-order valence-electron chi connectivity index (χ3n) is 2.58. The van der Waals surface area contributed by atoms with Gasteiger partial charge in [-0.3, -0.25) is 0 Å². The van der Waals surface area contributed by atoms with E-state index < -0.39 is 0 Å². The van der Waals surface area contributed by atoms with Crippen molar-refractivity contribution in [3.8, 4) is 5.88 Å². The van der Waals surface area contributed by atoms with E-state index in [9.17, 15) is 0 Å². The van der Waals surface area contributed by atoms with Crippen molar-refractivity contribution in [3.05, 3.63) is 42.0 Å². The number of aryl methyl sites for hydroxylation is 1. The van der Waals surface area contributed by atoms with Crippen molar-refractivity contribution in [3.63, 3.8) is 0 Å². The van der Waals surface area contributed by atoms with Crippen LogP contribution in [0.4, 0.5) is 17.2 Å². The van der Waals surface area contributed by atoms with Gasteiger partial charge in [0, 0.05) is 5.69 Å². The van der Waals surface area contributed by atoms with Crippen molar-refractivity contribution in [2.24, 2.45) is 0 Å². The molecule has 0 aliphatic rings. The van der Waals surface area contributed by atoms with Crippen LogP contribution in [0.1, 0.15) is 12.5 Å². The summed E-state index contributed by atoms with van der Waals surface area (Å²) >= 11 is 0. The molecule has 4 heteroatoms. The molecule has 0 fully saturated rings. The topological polar surface area (TPSA) is 60.2 Å². The van der Waals surface area contributed by atoms with Crippen molar-refractivity contribution < 1.29 is 4.74 Å². The first-order valence-corrected chi connectivity index (χ1v) is 5.92. The lowest BCUT2D eigenvalue weighted by Gasteiger charge is -2.11. The molecule has 0 spiro atoms. The summed E-state index contributed by atoms with van der Waals surface area (Å²) in [6.07, 6.45) is 0. The average Bonchev–Trinajstić information content (AvgIpc) is 2.36. The maximum Gasteiger partial charge on any atom is 0.239 e. The smallest absolute Gasteiger partial charge is 0.239 e. The van der Waals surface area contributed by atoms with Gasteiger partial charge in [-0.05, 0) is 37.6 Å². The van der Waals surface area contributed by atoms with E-state index >= 15 is 0 Å². The molecule has 94 valence electrons. The number of ether oxygens (including phenoxy) is 1. The number of hydrogen-bond donors (Lipinski definition) is 2. The summed E-state index contributed by atoms with van der Waals surface area (Å²) in [4.78, 5) is 4.34. The third kappa shape index (κ3) is 2.71. The maximum absolute atomic E-state index is 5.78. The minimum absolute atomic E-state index is 0.469. The zero-order valence-electron chi connectivity index (χ0n) is 10.6. The van der Waals surface area contributed by atoms with Crippen molar-refractivity contribution in [2.45, 2.75) is 13.8 Å². The van der Waals surface area contributed by atoms with Gasteiger partial charge in [0.05, 0.1) is 12.3 Å². The molecule has 4 nitrogen and oxygen atoms in total. The number of para-hydroxylation sites is 1. The van der Waals surface area contributed by atoms with Crippen LogP contribution in [-0.4, -0.2) is 11.6 Å². The molecule has 1 aromatic heterocycles. The molecule has 18 heavy (non-hydrogen) atoms. The van der Waals surface area contributed by atoms with E-state index in [0.717, 1.165) is 17.1 Å². The molecule has 0 saturated carbocycles. The Kier molecular flexibility index (Phi) is 3.67. The van der Waals surface area contributed by atoms with Gasteiger partial charge in [-0.25, -0.2) is 0 Å². The molecule has 0 unspecified atom stereocenters. The fraction of sp³-hybridized carbons (Fsp3) is 0.214. The Labute approximate surface area is 107 Å². The Morgan fingerprint density at radius 2 is 2.00 bits per heavy atom. The number of benzene rings is 1. The highest BCUT2D eigenvalue weighted by Gasteiger charge is 2.04. The van der Waals surface area contributed by atoms with Crippen molar-refractivity contribution >= 4 is 17.2 Å². The van der Waals surface area contributed by atoms with Gasteiger partial charge in [-0.2, -0.15) is 4.98 Å². The number of nitrogens with two attached hydrogens (primary N) is 1. The van der Waals surface area contributed by atoms with Gasteiger partial charge < -0.3 is 15.8 Å². The van der Waals surface area contributed by atoms with Gasteiger partial charge in [0.1, 0.15) is 5.82 Å². The molecule has 0 saturated heterocycles. The first kappa shape index (κ1) is 12.2. The highest BCUT2D eigenvalue weighted by Crippen LogP contribution is 2.24. The van der Waals surface area contributed by atoms with Gasteiger partial charge >= 0.3 is 0 Å². The molecule has 0 aliphatic carbocycles. The number of anilines is 3. The molecule has 1 heterocycles. The number of nitrogens with one attached hydrogen (secondary N) is 1. The predicted molar refractivity (Wildman–Crippen MR) is 74.3 cm³/mol. The molecule has 0 amide bonds. The molecular formula is C14H17N3O. The van der Waals surface area contributed by atoms with Crippen LogP contribution in [0.15, 0.2) is 36.4 Å². The standard InChI is InChI=1S/C14H17N3O/c1-3-18-14-11(15)8-9-13(17-14)16-12-7-5-4-6-10(12)2/h4-9H,3,15H2,1-2H3,(H,16,17).